The molecule has 2 aliphatic carbocycles. The minimum absolute atomic E-state index is 0.109. The predicted octanol–water partition coefficient (Wildman–Crippen LogP) is 4.49. The Balaban J connectivity index is 0.000000314. The van der Waals surface area contributed by atoms with Crippen LogP contribution in [0, 0.1) is 0 Å². The van der Waals surface area contributed by atoms with Crippen LogP contribution >= 0.6 is 11.8 Å². The zero-order valence-corrected chi connectivity index (χ0v) is 16.2. The van der Waals surface area contributed by atoms with E-state index in [0.717, 1.165) is 30.3 Å². The Kier molecular flexibility index (Phi) is 4.97. The van der Waals surface area contributed by atoms with Crippen LogP contribution in [0.2, 0.25) is 0 Å². The SMILES string of the molecule is CSC1CC1.Nc1cccc(-c2nc(N3CCC3)nc3c2CCC3(F)F)c1. The van der Waals surface area contributed by atoms with Crippen molar-refractivity contribution < 1.29 is 8.78 Å². The van der Waals surface area contributed by atoms with Gasteiger partial charge in [-0.1, -0.05) is 12.1 Å². The molecule has 2 N–H and O–H groups in total. The van der Waals surface area contributed by atoms with Crippen molar-refractivity contribution in [2.24, 2.45) is 0 Å². The summed E-state index contributed by atoms with van der Waals surface area (Å²) in [5, 5.41) is 1.05. The maximum atomic E-state index is 14.1. The molecule has 0 atom stereocenters. The summed E-state index contributed by atoms with van der Waals surface area (Å²) in [6.45, 7) is 1.64. The molecule has 0 radical (unpaired) electrons. The van der Waals surface area contributed by atoms with Gasteiger partial charge in [-0.2, -0.15) is 20.5 Å². The van der Waals surface area contributed by atoms with Crippen LogP contribution in [0.15, 0.2) is 24.3 Å². The van der Waals surface area contributed by atoms with Crippen molar-refractivity contribution in [3.8, 4) is 11.3 Å². The van der Waals surface area contributed by atoms with Crippen LogP contribution in [0.5, 0.6) is 0 Å². The van der Waals surface area contributed by atoms with Crippen molar-refractivity contribution in [1.82, 2.24) is 9.97 Å². The highest BCUT2D eigenvalue weighted by atomic mass is 32.2. The molecule has 1 aromatic carbocycles. The molecule has 0 unspecified atom stereocenters. The second kappa shape index (κ2) is 7.26. The lowest BCUT2D eigenvalue weighted by atomic mass is 10.0. The molecule has 2 fully saturated rings. The van der Waals surface area contributed by atoms with E-state index in [1.54, 1.807) is 12.1 Å². The highest BCUT2D eigenvalue weighted by Gasteiger charge is 2.43. The lowest BCUT2D eigenvalue weighted by Gasteiger charge is -2.31. The highest BCUT2D eigenvalue weighted by molar-refractivity contribution is 7.99. The Labute approximate surface area is 162 Å². The van der Waals surface area contributed by atoms with Crippen LogP contribution < -0.4 is 10.6 Å². The van der Waals surface area contributed by atoms with Crippen LogP contribution in [0.3, 0.4) is 0 Å². The van der Waals surface area contributed by atoms with E-state index in [-0.39, 0.29) is 12.1 Å². The third-order valence-corrected chi connectivity index (χ3v) is 6.33. The van der Waals surface area contributed by atoms with E-state index >= 15 is 0 Å². The van der Waals surface area contributed by atoms with Crippen molar-refractivity contribution in [3.05, 3.63) is 35.5 Å². The third-order valence-electron chi connectivity index (χ3n) is 5.19. The number of benzene rings is 1. The summed E-state index contributed by atoms with van der Waals surface area (Å²) in [6.07, 6.45) is 6.27. The standard InChI is InChI=1S/C16H16F2N4.C4H8S/c17-16(18)6-5-12-13(10-3-1-4-11(19)9-10)20-15(21-14(12)16)22-7-2-8-22;1-5-4-2-3-4/h1,3-4,9H,2,5-8,19H2;4H,2-3H2,1H3. The molecule has 1 saturated carbocycles. The van der Waals surface area contributed by atoms with Crippen LogP contribution in [0.4, 0.5) is 20.4 Å². The summed E-state index contributed by atoms with van der Waals surface area (Å²) in [6, 6.07) is 7.22. The van der Waals surface area contributed by atoms with Gasteiger partial charge in [-0.15, -0.1) is 0 Å². The van der Waals surface area contributed by atoms with Gasteiger partial charge >= 0.3 is 0 Å². The minimum Gasteiger partial charge on any atom is -0.399 e. The lowest BCUT2D eigenvalue weighted by Crippen LogP contribution is -2.38. The first-order valence-electron chi connectivity index (χ1n) is 9.41. The number of halogens is 2. The highest BCUT2D eigenvalue weighted by Crippen LogP contribution is 2.44. The van der Waals surface area contributed by atoms with E-state index in [0.29, 0.717) is 29.3 Å². The minimum atomic E-state index is -2.87. The van der Waals surface area contributed by atoms with Gasteiger partial charge in [-0.3, -0.25) is 0 Å². The maximum absolute atomic E-state index is 14.1. The fraction of sp³-hybridized carbons (Fsp3) is 0.500. The average Bonchev–Trinajstić information content (AvgIpc) is 3.39. The quantitative estimate of drug-likeness (QED) is 0.783. The summed E-state index contributed by atoms with van der Waals surface area (Å²) >= 11 is 1.99. The number of nitrogen functional groups attached to an aromatic ring is 1. The monoisotopic (exact) mass is 390 g/mol. The molecule has 144 valence electrons. The first-order chi connectivity index (χ1) is 13.0. The van der Waals surface area contributed by atoms with E-state index in [1.165, 1.54) is 12.8 Å². The van der Waals surface area contributed by atoms with Crippen molar-refractivity contribution >= 4 is 23.4 Å². The molecular formula is C20H24F2N4S. The van der Waals surface area contributed by atoms with Crippen LogP contribution in [0.25, 0.3) is 11.3 Å². The molecule has 5 rings (SSSR count). The van der Waals surface area contributed by atoms with Crippen molar-refractivity contribution in [2.45, 2.75) is 43.3 Å². The number of hydrogen-bond acceptors (Lipinski definition) is 5. The second-order valence-corrected chi connectivity index (χ2v) is 8.44. The van der Waals surface area contributed by atoms with Gasteiger partial charge in [0.1, 0.15) is 5.69 Å². The molecule has 0 spiro atoms. The molecule has 0 amide bonds. The number of alkyl halides is 2. The van der Waals surface area contributed by atoms with Gasteiger partial charge in [0.05, 0.1) is 5.69 Å². The fourth-order valence-corrected chi connectivity index (χ4v) is 3.91. The van der Waals surface area contributed by atoms with Gasteiger partial charge in [-0.05, 0) is 44.1 Å². The zero-order chi connectivity index (χ0) is 19.0. The molecule has 4 nitrogen and oxygen atoms in total. The number of nitrogens with zero attached hydrogens (tertiary/aromatic N) is 3. The smallest absolute Gasteiger partial charge is 0.290 e. The summed E-state index contributed by atoms with van der Waals surface area (Å²) in [5.74, 6) is -2.46. The molecule has 0 bridgehead atoms. The number of hydrogen-bond donors (Lipinski definition) is 1. The Morgan fingerprint density at radius 1 is 1.22 bits per heavy atom. The zero-order valence-electron chi connectivity index (χ0n) is 15.4. The molecular weight excluding hydrogens is 366 g/mol. The third kappa shape index (κ3) is 3.88. The van der Waals surface area contributed by atoms with Gasteiger partial charge in [0.15, 0.2) is 0 Å². The largest absolute Gasteiger partial charge is 0.399 e. The Morgan fingerprint density at radius 2 is 2.00 bits per heavy atom. The molecule has 1 aliphatic heterocycles. The van der Waals surface area contributed by atoms with Gasteiger partial charge in [0.2, 0.25) is 5.95 Å². The number of anilines is 2. The van der Waals surface area contributed by atoms with Gasteiger partial charge in [0.25, 0.3) is 5.92 Å². The fourth-order valence-electron chi connectivity index (χ4n) is 3.30. The Hall–Kier alpha value is -1.89. The van der Waals surface area contributed by atoms with Gasteiger partial charge < -0.3 is 10.6 Å². The maximum Gasteiger partial charge on any atom is 0.290 e. The summed E-state index contributed by atoms with van der Waals surface area (Å²) in [7, 11) is 0. The predicted molar refractivity (Wildman–Crippen MR) is 107 cm³/mol. The number of fused-ring (bicyclic) bond motifs is 1. The van der Waals surface area contributed by atoms with E-state index in [9.17, 15) is 8.78 Å². The molecule has 1 saturated heterocycles. The summed E-state index contributed by atoms with van der Waals surface area (Å²) in [4.78, 5) is 10.7. The van der Waals surface area contributed by atoms with E-state index in [4.69, 9.17) is 5.73 Å². The first-order valence-corrected chi connectivity index (χ1v) is 10.7. The van der Waals surface area contributed by atoms with Gasteiger partial charge in [0, 0.05) is 41.6 Å². The number of nitrogens with two attached hydrogens (primary N) is 1. The topological polar surface area (TPSA) is 55.0 Å². The van der Waals surface area contributed by atoms with Crippen LogP contribution in [-0.2, 0) is 12.3 Å². The van der Waals surface area contributed by atoms with Gasteiger partial charge in [-0.25, -0.2) is 9.97 Å². The first kappa shape index (κ1) is 18.5. The van der Waals surface area contributed by atoms with E-state index < -0.39 is 5.92 Å². The molecule has 27 heavy (non-hydrogen) atoms. The average molecular weight is 391 g/mol. The normalized spacial score (nSPS) is 19.7. The van der Waals surface area contributed by atoms with Crippen LogP contribution in [0.1, 0.15) is 36.9 Å². The van der Waals surface area contributed by atoms with E-state index in [2.05, 4.69) is 16.2 Å². The number of aromatic nitrogens is 2. The lowest BCUT2D eigenvalue weighted by molar-refractivity contribution is -0.00593. The van der Waals surface area contributed by atoms with E-state index in [1.807, 2.05) is 28.8 Å². The van der Waals surface area contributed by atoms with Crippen molar-refractivity contribution in [3.63, 3.8) is 0 Å². The molecule has 3 aliphatic rings. The molecule has 2 heterocycles. The molecule has 7 heteroatoms. The van der Waals surface area contributed by atoms with Crippen LogP contribution in [-0.4, -0.2) is 34.6 Å². The summed E-state index contributed by atoms with van der Waals surface area (Å²) in [5.41, 5.74) is 8.24. The van der Waals surface area contributed by atoms with Crippen molar-refractivity contribution in [1.29, 1.82) is 0 Å². The number of rotatable bonds is 3. The summed E-state index contributed by atoms with van der Waals surface area (Å²) < 4.78 is 28.3. The van der Waals surface area contributed by atoms with Crippen molar-refractivity contribution in [2.75, 3.05) is 30.0 Å². The number of thioether (sulfide) groups is 1. The second-order valence-electron chi connectivity index (χ2n) is 7.30. The molecule has 1 aromatic heterocycles. The Bertz CT molecular complexity index is 835. The Morgan fingerprint density at radius 3 is 2.56 bits per heavy atom. The molecule has 2 aromatic rings.